The van der Waals surface area contributed by atoms with Gasteiger partial charge in [0.25, 0.3) is 0 Å². The maximum Gasteiger partial charge on any atom is 0.0900 e. The molecule has 0 bridgehead atoms. The number of benzene rings is 1. The molecule has 1 aliphatic heterocycles. The zero-order valence-corrected chi connectivity index (χ0v) is 19.4. The Labute approximate surface area is 184 Å². The van der Waals surface area contributed by atoms with Gasteiger partial charge >= 0.3 is 0 Å². The maximum atomic E-state index is 10.4. The summed E-state index contributed by atoms with van der Waals surface area (Å²) < 4.78 is 6.07. The Balaban J connectivity index is 0.00000300. The minimum atomic E-state index is -0.356. The lowest BCUT2D eigenvalue weighted by molar-refractivity contribution is -0.0462. The van der Waals surface area contributed by atoms with Crippen LogP contribution in [0.4, 0.5) is 0 Å². The highest BCUT2D eigenvalue weighted by molar-refractivity contribution is 5.15. The lowest BCUT2D eigenvalue weighted by atomic mass is 9.72. The number of aliphatic hydroxyl groups excluding tert-OH is 1. The van der Waals surface area contributed by atoms with Crippen molar-refractivity contribution in [1.82, 2.24) is 4.90 Å². The van der Waals surface area contributed by atoms with Gasteiger partial charge in [-0.15, -0.1) is 0 Å². The summed E-state index contributed by atoms with van der Waals surface area (Å²) in [7, 11) is 0. The highest BCUT2D eigenvalue weighted by atomic mass is 35.5. The third-order valence-electron chi connectivity index (χ3n) is 6.97. The fraction of sp³-hybridized carbons (Fsp3) is 0.760. The maximum absolute atomic E-state index is 10.4. The van der Waals surface area contributed by atoms with Gasteiger partial charge in [0, 0.05) is 6.54 Å². The van der Waals surface area contributed by atoms with E-state index in [-0.39, 0.29) is 18.5 Å². The van der Waals surface area contributed by atoms with Gasteiger partial charge in [-0.25, -0.2) is 0 Å². The van der Waals surface area contributed by atoms with Gasteiger partial charge in [-0.2, -0.15) is 0 Å². The molecule has 4 heteroatoms. The molecule has 0 aromatic heterocycles. The monoisotopic (exact) mass is 422 g/mol. The molecule has 3 nitrogen and oxygen atoms in total. The Kier molecular flexibility index (Phi) is 9.94. The average molecular weight is 423 g/mol. The highest BCUT2D eigenvalue weighted by Crippen LogP contribution is 2.38. The SMILES string of the molecule is CC(C)(C)C1CCC(OCC(O)CN2CCC(Cc3ccccc3)CC2)CC1.[Cl-]. The summed E-state index contributed by atoms with van der Waals surface area (Å²) in [5.74, 6) is 1.60. The number of aliphatic hydroxyl groups is 1. The van der Waals surface area contributed by atoms with Gasteiger partial charge < -0.3 is 27.2 Å². The van der Waals surface area contributed by atoms with Gasteiger partial charge in [0.2, 0.25) is 0 Å². The molecule has 1 heterocycles. The van der Waals surface area contributed by atoms with E-state index in [1.165, 1.54) is 37.7 Å². The van der Waals surface area contributed by atoms with E-state index in [9.17, 15) is 5.11 Å². The second kappa shape index (κ2) is 11.7. The van der Waals surface area contributed by atoms with Crippen molar-refractivity contribution in [3.05, 3.63) is 35.9 Å². The van der Waals surface area contributed by atoms with Crippen LogP contribution < -0.4 is 12.4 Å². The van der Waals surface area contributed by atoms with Gasteiger partial charge in [0.1, 0.15) is 0 Å². The summed E-state index contributed by atoms with van der Waals surface area (Å²) in [6.07, 6.45) is 8.49. The van der Waals surface area contributed by atoms with Gasteiger partial charge in [-0.05, 0) is 80.8 Å². The number of nitrogens with zero attached hydrogens (tertiary/aromatic N) is 1. The van der Waals surface area contributed by atoms with E-state index in [2.05, 4.69) is 56.0 Å². The van der Waals surface area contributed by atoms with Crippen molar-refractivity contribution in [2.24, 2.45) is 17.3 Å². The number of piperidine rings is 1. The van der Waals surface area contributed by atoms with Gasteiger partial charge in [-0.3, -0.25) is 0 Å². The van der Waals surface area contributed by atoms with Crippen LogP contribution in [0.2, 0.25) is 0 Å². The van der Waals surface area contributed by atoms with Crippen molar-refractivity contribution in [3.63, 3.8) is 0 Å². The Hall–Kier alpha value is -0.610. The summed E-state index contributed by atoms with van der Waals surface area (Å²) in [5.41, 5.74) is 1.87. The van der Waals surface area contributed by atoms with Crippen LogP contribution >= 0.6 is 0 Å². The first-order valence-corrected chi connectivity index (χ1v) is 11.5. The van der Waals surface area contributed by atoms with Crippen molar-refractivity contribution >= 4 is 0 Å². The molecule has 1 saturated carbocycles. The Morgan fingerprint density at radius 2 is 1.62 bits per heavy atom. The average Bonchev–Trinajstić information content (AvgIpc) is 2.68. The number of halogens is 1. The molecule has 1 aliphatic carbocycles. The van der Waals surface area contributed by atoms with E-state index >= 15 is 0 Å². The van der Waals surface area contributed by atoms with Crippen molar-refractivity contribution in [2.75, 3.05) is 26.2 Å². The first-order valence-electron chi connectivity index (χ1n) is 11.5. The van der Waals surface area contributed by atoms with E-state index < -0.39 is 0 Å². The van der Waals surface area contributed by atoms with E-state index in [0.717, 1.165) is 44.3 Å². The topological polar surface area (TPSA) is 32.7 Å². The molecule has 0 spiro atoms. The second-order valence-electron chi connectivity index (χ2n) is 10.3. The molecule has 2 fully saturated rings. The minimum absolute atomic E-state index is 0. The summed E-state index contributed by atoms with van der Waals surface area (Å²) in [6, 6.07) is 10.8. The predicted octanol–water partition coefficient (Wildman–Crippen LogP) is 1.93. The molecule has 1 aromatic rings. The summed E-state index contributed by atoms with van der Waals surface area (Å²) >= 11 is 0. The second-order valence-corrected chi connectivity index (χ2v) is 10.3. The van der Waals surface area contributed by atoms with Crippen molar-refractivity contribution in [1.29, 1.82) is 0 Å². The summed E-state index contributed by atoms with van der Waals surface area (Å²) in [6.45, 7) is 10.5. The standard InChI is InChI=1S/C25H41NO2.ClH/c1-25(2,3)22-9-11-24(12-10-22)28-19-23(27)18-26-15-13-21(14-16-26)17-20-7-5-4-6-8-20;/h4-8,21-24,27H,9-19H2,1-3H3;1H/p-1. The number of rotatable bonds is 7. The number of β-amino-alcohol motifs (C(OH)–C–C–N with tert-alkyl or cyclic N) is 1. The predicted molar refractivity (Wildman–Crippen MR) is 116 cm³/mol. The zero-order valence-electron chi connectivity index (χ0n) is 18.7. The van der Waals surface area contributed by atoms with E-state index in [4.69, 9.17) is 4.74 Å². The molecule has 1 N–H and O–H groups in total. The molecule has 0 radical (unpaired) electrons. The Morgan fingerprint density at radius 3 is 2.21 bits per heavy atom. The smallest absolute Gasteiger partial charge is 0.0900 e. The molecule has 29 heavy (non-hydrogen) atoms. The van der Waals surface area contributed by atoms with Crippen LogP contribution in [0.3, 0.4) is 0 Å². The fourth-order valence-electron chi connectivity index (χ4n) is 5.01. The van der Waals surface area contributed by atoms with Crippen LogP contribution in [-0.2, 0) is 11.2 Å². The molecule has 1 aromatic carbocycles. The Bertz CT molecular complexity index is 558. The largest absolute Gasteiger partial charge is 1.00 e. The normalized spacial score (nSPS) is 25.4. The van der Waals surface area contributed by atoms with Crippen LogP contribution in [0.5, 0.6) is 0 Å². The van der Waals surface area contributed by atoms with Crippen LogP contribution in [0.1, 0.15) is 64.9 Å². The number of hydrogen-bond donors (Lipinski definition) is 1. The molecule has 1 unspecified atom stereocenters. The molecule has 1 atom stereocenters. The van der Waals surface area contributed by atoms with Crippen LogP contribution in [-0.4, -0.2) is 48.5 Å². The lowest BCUT2D eigenvalue weighted by Crippen LogP contribution is -3.00. The lowest BCUT2D eigenvalue weighted by Gasteiger charge is -2.37. The minimum Gasteiger partial charge on any atom is -1.00 e. The molecule has 2 aliphatic rings. The molecule has 166 valence electrons. The molecular formula is C25H41ClNO2-. The number of hydrogen-bond acceptors (Lipinski definition) is 3. The van der Waals surface area contributed by atoms with Gasteiger partial charge in [0.15, 0.2) is 0 Å². The Morgan fingerprint density at radius 1 is 1.00 bits per heavy atom. The van der Waals surface area contributed by atoms with E-state index in [1.807, 2.05) is 0 Å². The zero-order chi connectivity index (χ0) is 20.0. The van der Waals surface area contributed by atoms with Crippen molar-refractivity contribution < 1.29 is 22.3 Å². The third-order valence-corrected chi connectivity index (χ3v) is 6.97. The van der Waals surface area contributed by atoms with Crippen LogP contribution in [0.15, 0.2) is 30.3 Å². The van der Waals surface area contributed by atoms with Crippen LogP contribution in [0, 0.1) is 17.3 Å². The summed E-state index contributed by atoms with van der Waals surface area (Å²) in [4.78, 5) is 2.42. The number of likely N-dealkylation sites (tertiary alicyclic amines) is 1. The number of ether oxygens (including phenoxy) is 1. The van der Waals surface area contributed by atoms with Gasteiger partial charge in [-0.1, -0.05) is 51.1 Å². The molecule has 0 amide bonds. The summed E-state index contributed by atoms with van der Waals surface area (Å²) in [5, 5.41) is 10.4. The van der Waals surface area contributed by atoms with Crippen LogP contribution in [0.25, 0.3) is 0 Å². The van der Waals surface area contributed by atoms with E-state index in [0.29, 0.717) is 18.1 Å². The molecule has 1 saturated heterocycles. The van der Waals surface area contributed by atoms with E-state index in [1.54, 1.807) is 0 Å². The fourth-order valence-corrected chi connectivity index (χ4v) is 5.01. The third kappa shape index (κ3) is 8.20. The van der Waals surface area contributed by atoms with Crippen molar-refractivity contribution in [3.8, 4) is 0 Å². The highest BCUT2D eigenvalue weighted by Gasteiger charge is 2.30. The van der Waals surface area contributed by atoms with Gasteiger partial charge in [0.05, 0.1) is 18.8 Å². The quantitative estimate of drug-likeness (QED) is 0.728. The van der Waals surface area contributed by atoms with Crippen molar-refractivity contribution in [2.45, 2.75) is 77.9 Å². The first-order chi connectivity index (χ1) is 13.4. The molecular weight excluding hydrogens is 382 g/mol. The molecule has 3 rings (SSSR count). The first kappa shape index (κ1) is 24.7.